The highest BCUT2D eigenvalue weighted by Crippen LogP contribution is 2.22. The van der Waals surface area contributed by atoms with Crippen LogP contribution in [0.25, 0.3) is 11.5 Å². The van der Waals surface area contributed by atoms with Gasteiger partial charge in [0.15, 0.2) is 0 Å². The van der Waals surface area contributed by atoms with Gasteiger partial charge in [-0.25, -0.2) is 0 Å². The second-order valence-electron chi connectivity index (χ2n) is 4.28. The number of halogens is 1. The Kier molecular flexibility index (Phi) is 3.72. The minimum atomic E-state index is 0.209. The molecule has 3 heterocycles. The Morgan fingerprint density at radius 1 is 1.47 bits per heavy atom. The van der Waals surface area contributed by atoms with E-state index in [0.29, 0.717) is 35.5 Å². The van der Waals surface area contributed by atoms with E-state index in [9.17, 15) is 0 Å². The predicted octanol–water partition coefficient (Wildman–Crippen LogP) is 1.32. The number of nitrogens with one attached hydrogen (secondary N) is 1. The molecule has 0 radical (unpaired) electrons. The lowest BCUT2D eigenvalue weighted by molar-refractivity contribution is 0.0744. The van der Waals surface area contributed by atoms with Crippen LogP contribution in [0.1, 0.15) is 5.89 Å². The average Bonchev–Trinajstić information content (AvgIpc) is 2.89. The molecule has 1 aliphatic heterocycles. The number of pyridine rings is 1. The Labute approximate surface area is 115 Å². The van der Waals surface area contributed by atoms with Gasteiger partial charge in [-0.05, 0) is 12.1 Å². The van der Waals surface area contributed by atoms with Crippen molar-refractivity contribution in [2.45, 2.75) is 12.5 Å². The number of rotatable bonds is 3. The summed E-state index contributed by atoms with van der Waals surface area (Å²) in [6, 6.07) is 3.72. The van der Waals surface area contributed by atoms with E-state index in [1.165, 1.54) is 0 Å². The summed E-state index contributed by atoms with van der Waals surface area (Å²) in [6.07, 6.45) is 2.28. The zero-order chi connectivity index (χ0) is 13.1. The second-order valence-corrected chi connectivity index (χ2v) is 4.68. The molecule has 1 saturated heterocycles. The maximum Gasteiger partial charge on any atom is 0.228 e. The van der Waals surface area contributed by atoms with Gasteiger partial charge in [-0.15, -0.1) is 0 Å². The fourth-order valence-corrected chi connectivity index (χ4v) is 2.15. The van der Waals surface area contributed by atoms with Gasteiger partial charge in [0.2, 0.25) is 11.7 Å². The summed E-state index contributed by atoms with van der Waals surface area (Å²) in [5.41, 5.74) is 0.534. The van der Waals surface area contributed by atoms with E-state index in [1.54, 1.807) is 18.3 Å². The topological polar surface area (TPSA) is 73.1 Å². The molecule has 0 amide bonds. The lowest BCUT2D eigenvalue weighted by Gasteiger charge is -2.22. The van der Waals surface area contributed by atoms with Crippen molar-refractivity contribution >= 4 is 11.6 Å². The van der Waals surface area contributed by atoms with Crippen LogP contribution in [0.4, 0.5) is 0 Å². The Bertz CT molecular complexity index is 554. The summed E-state index contributed by atoms with van der Waals surface area (Å²) in [5, 5.41) is 7.75. The van der Waals surface area contributed by atoms with Crippen LogP contribution in [-0.4, -0.2) is 40.9 Å². The Balaban J connectivity index is 1.74. The highest BCUT2D eigenvalue weighted by atomic mass is 35.5. The number of hydrogen-bond acceptors (Lipinski definition) is 6. The molecule has 6 nitrogen and oxygen atoms in total. The number of hydrogen-bond donors (Lipinski definition) is 1. The lowest BCUT2D eigenvalue weighted by Crippen LogP contribution is -2.42. The average molecular weight is 281 g/mol. The molecule has 1 unspecified atom stereocenters. The van der Waals surface area contributed by atoms with Crippen LogP contribution in [0.5, 0.6) is 0 Å². The van der Waals surface area contributed by atoms with Crippen LogP contribution >= 0.6 is 11.6 Å². The van der Waals surface area contributed by atoms with Gasteiger partial charge in [0, 0.05) is 25.2 Å². The van der Waals surface area contributed by atoms with E-state index in [-0.39, 0.29) is 6.04 Å². The summed E-state index contributed by atoms with van der Waals surface area (Å²) >= 11 is 6.04. The Morgan fingerprint density at radius 2 is 2.42 bits per heavy atom. The van der Waals surface area contributed by atoms with Gasteiger partial charge in [0.25, 0.3) is 0 Å². The van der Waals surface area contributed by atoms with Gasteiger partial charge in [-0.1, -0.05) is 16.8 Å². The summed E-state index contributed by atoms with van der Waals surface area (Å²) in [4.78, 5) is 8.47. The third-order valence-electron chi connectivity index (χ3n) is 2.86. The first-order valence-corrected chi connectivity index (χ1v) is 6.45. The third-order valence-corrected chi connectivity index (χ3v) is 3.16. The number of morpholine rings is 1. The van der Waals surface area contributed by atoms with E-state index in [1.807, 2.05) is 0 Å². The normalized spacial score (nSPS) is 19.5. The molecule has 1 aliphatic rings. The number of nitrogens with zero attached hydrogens (tertiary/aromatic N) is 3. The van der Waals surface area contributed by atoms with E-state index < -0.39 is 0 Å². The minimum absolute atomic E-state index is 0.209. The first-order chi connectivity index (χ1) is 9.33. The molecular formula is C12H13ClN4O2. The molecule has 0 aromatic carbocycles. The zero-order valence-corrected chi connectivity index (χ0v) is 10.9. The third kappa shape index (κ3) is 2.91. The lowest BCUT2D eigenvalue weighted by atomic mass is 10.2. The molecule has 0 spiro atoms. The van der Waals surface area contributed by atoms with Crippen molar-refractivity contribution in [3.8, 4) is 11.5 Å². The van der Waals surface area contributed by atoms with E-state index in [4.69, 9.17) is 20.9 Å². The van der Waals surface area contributed by atoms with E-state index >= 15 is 0 Å². The largest absolute Gasteiger partial charge is 0.378 e. The maximum absolute atomic E-state index is 6.04. The highest BCUT2D eigenvalue weighted by molar-refractivity contribution is 6.32. The minimum Gasteiger partial charge on any atom is -0.378 e. The van der Waals surface area contributed by atoms with E-state index in [2.05, 4.69) is 20.4 Å². The molecule has 19 heavy (non-hydrogen) atoms. The predicted molar refractivity (Wildman–Crippen MR) is 68.9 cm³/mol. The van der Waals surface area contributed by atoms with Crippen molar-refractivity contribution in [2.75, 3.05) is 19.8 Å². The van der Waals surface area contributed by atoms with Crippen LogP contribution in [0, 0.1) is 0 Å². The van der Waals surface area contributed by atoms with Crippen LogP contribution in [0.2, 0.25) is 5.02 Å². The number of aromatic nitrogens is 3. The molecular weight excluding hydrogens is 268 g/mol. The molecule has 1 N–H and O–H groups in total. The van der Waals surface area contributed by atoms with Crippen molar-refractivity contribution in [2.24, 2.45) is 0 Å². The maximum atomic E-state index is 6.04. The molecule has 0 aliphatic carbocycles. The molecule has 3 rings (SSSR count). The quantitative estimate of drug-likeness (QED) is 0.914. The Hall–Kier alpha value is -1.50. The zero-order valence-electron chi connectivity index (χ0n) is 10.2. The van der Waals surface area contributed by atoms with Gasteiger partial charge in [0.05, 0.1) is 18.2 Å². The van der Waals surface area contributed by atoms with Crippen LogP contribution in [-0.2, 0) is 11.2 Å². The molecule has 2 aromatic rings. The van der Waals surface area contributed by atoms with Crippen molar-refractivity contribution in [1.82, 2.24) is 20.4 Å². The summed E-state index contributed by atoms with van der Waals surface area (Å²) in [5.74, 6) is 0.969. The molecule has 1 atom stereocenters. The van der Waals surface area contributed by atoms with Crippen molar-refractivity contribution in [3.63, 3.8) is 0 Å². The van der Waals surface area contributed by atoms with Crippen molar-refractivity contribution in [1.29, 1.82) is 0 Å². The summed E-state index contributed by atoms with van der Waals surface area (Å²) < 4.78 is 10.6. The molecule has 100 valence electrons. The highest BCUT2D eigenvalue weighted by Gasteiger charge is 2.18. The molecule has 2 aromatic heterocycles. The standard InChI is InChI=1S/C12H13ClN4O2/c13-9-2-1-3-15-11(9)12-16-10(19-17-12)6-8-7-18-5-4-14-8/h1-3,8,14H,4-7H2. The summed E-state index contributed by atoms with van der Waals surface area (Å²) in [6.45, 7) is 2.24. The molecule has 0 bridgehead atoms. The van der Waals surface area contributed by atoms with Gasteiger partial charge in [-0.3, -0.25) is 4.98 Å². The summed E-state index contributed by atoms with van der Waals surface area (Å²) in [7, 11) is 0. The first kappa shape index (κ1) is 12.5. The molecule has 1 fully saturated rings. The van der Waals surface area contributed by atoms with Crippen molar-refractivity contribution in [3.05, 3.63) is 29.2 Å². The van der Waals surface area contributed by atoms with Crippen LogP contribution < -0.4 is 5.32 Å². The van der Waals surface area contributed by atoms with Gasteiger partial charge < -0.3 is 14.6 Å². The van der Waals surface area contributed by atoms with Crippen LogP contribution in [0.15, 0.2) is 22.9 Å². The first-order valence-electron chi connectivity index (χ1n) is 6.07. The van der Waals surface area contributed by atoms with Crippen molar-refractivity contribution < 1.29 is 9.26 Å². The second kappa shape index (κ2) is 5.64. The molecule has 7 heteroatoms. The fraction of sp³-hybridized carbons (Fsp3) is 0.417. The SMILES string of the molecule is Clc1cccnc1-c1noc(CC2COCCN2)n1. The van der Waals surface area contributed by atoms with Crippen LogP contribution in [0.3, 0.4) is 0 Å². The van der Waals surface area contributed by atoms with Gasteiger partial charge >= 0.3 is 0 Å². The smallest absolute Gasteiger partial charge is 0.228 e. The molecule has 0 saturated carbocycles. The number of ether oxygens (including phenoxy) is 1. The Morgan fingerprint density at radius 3 is 3.21 bits per heavy atom. The fourth-order valence-electron chi connectivity index (χ4n) is 1.95. The monoisotopic (exact) mass is 280 g/mol. The van der Waals surface area contributed by atoms with Gasteiger partial charge in [-0.2, -0.15) is 4.98 Å². The van der Waals surface area contributed by atoms with Gasteiger partial charge in [0.1, 0.15) is 5.69 Å². The van der Waals surface area contributed by atoms with E-state index in [0.717, 1.165) is 13.2 Å².